The Morgan fingerprint density at radius 3 is 2.19 bits per heavy atom. The van der Waals surface area contributed by atoms with Gasteiger partial charge >= 0.3 is 0 Å². The number of nitrogens with zero attached hydrogens (tertiary/aromatic N) is 2. The Morgan fingerprint density at radius 2 is 1.69 bits per heavy atom. The number of piperazine rings is 1. The van der Waals surface area contributed by atoms with Crippen molar-refractivity contribution in [2.24, 2.45) is 0 Å². The summed E-state index contributed by atoms with van der Waals surface area (Å²) in [5.74, 6) is -0.00548. The molecule has 1 aromatic rings. The van der Waals surface area contributed by atoms with E-state index in [2.05, 4.69) is 20.8 Å². The number of carbonyl (C=O) groups is 1. The lowest BCUT2D eigenvalue weighted by Crippen LogP contribution is -2.52. The highest BCUT2D eigenvalue weighted by Crippen LogP contribution is 2.25. The van der Waals surface area contributed by atoms with Crippen molar-refractivity contribution in [3.8, 4) is 0 Å². The first-order valence-electron chi connectivity index (χ1n) is 9.21. The van der Waals surface area contributed by atoms with E-state index in [1.54, 1.807) is 17.0 Å². The summed E-state index contributed by atoms with van der Waals surface area (Å²) in [7, 11) is -3.53. The zero-order valence-corrected chi connectivity index (χ0v) is 16.6. The lowest BCUT2D eigenvalue weighted by molar-refractivity contribution is -0.142. The molecule has 2 heterocycles. The fourth-order valence-electron chi connectivity index (χ4n) is 3.40. The molecular formula is C19H28N2O4S. The van der Waals surface area contributed by atoms with E-state index in [1.165, 1.54) is 4.31 Å². The average molecular weight is 381 g/mol. The molecule has 0 N–H and O–H groups in total. The first kappa shape index (κ1) is 19.3. The van der Waals surface area contributed by atoms with Crippen LogP contribution in [0.5, 0.6) is 0 Å². The minimum Gasteiger partial charge on any atom is -0.368 e. The summed E-state index contributed by atoms with van der Waals surface area (Å²) in [4.78, 5) is 14.4. The molecule has 0 aromatic heterocycles. The molecule has 1 aromatic carbocycles. The highest BCUT2D eigenvalue weighted by molar-refractivity contribution is 7.89. The predicted octanol–water partition coefficient (Wildman–Crippen LogP) is 2.00. The summed E-state index contributed by atoms with van der Waals surface area (Å²) in [5.41, 5.74) is 1.08. The Labute approximate surface area is 156 Å². The van der Waals surface area contributed by atoms with Crippen LogP contribution in [0.25, 0.3) is 0 Å². The molecule has 1 atom stereocenters. The van der Waals surface area contributed by atoms with Crippen LogP contribution in [-0.2, 0) is 25.0 Å². The van der Waals surface area contributed by atoms with Crippen LogP contribution < -0.4 is 0 Å². The number of rotatable bonds is 3. The fraction of sp³-hybridized carbons (Fsp3) is 0.632. The lowest BCUT2D eigenvalue weighted by Gasteiger charge is -2.35. The highest BCUT2D eigenvalue weighted by atomic mass is 32.2. The summed E-state index contributed by atoms with van der Waals surface area (Å²) in [6.07, 6.45) is 1.33. The SMILES string of the molecule is CC(C)(C)c1ccc(S(=O)(=O)N2CCN(C(=O)[C@H]3CCCO3)CC2)cc1. The van der Waals surface area contributed by atoms with Crippen LogP contribution in [-0.4, -0.2) is 62.4 Å². The summed E-state index contributed by atoms with van der Waals surface area (Å²) in [6.45, 7) is 8.40. The van der Waals surface area contributed by atoms with Crippen LogP contribution >= 0.6 is 0 Å². The van der Waals surface area contributed by atoms with Gasteiger partial charge in [0, 0.05) is 32.8 Å². The molecule has 0 saturated carbocycles. The highest BCUT2D eigenvalue weighted by Gasteiger charge is 2.34. The number of hydrogen-bond donors (Lipinski definition) is 0. The fourth-order valence-corrected chi connectivity index (χ4v) is 4.82. The second kappa shape index (κ2) is 7.29. The maximum Gasteiger partial charge on any atom is 0.251 e. The molecule has 0 bridgehead atoms. The van der Waals surface area contributed by atoms with Crippen LogP contribution in [0.4, 0.5) is 0 Å². The van der Waals surface area contributed by atoms with Gasteiger partial charge in [-0.1, -0.05) is 32.9 Å². The Kier molecular flexibility index (Phi) is 5.42. The number of benzene rings is 1. The van der Waals surface area contributed by atoms with Crippen LogP contribution in [0.15, 0.2) is 29.2 Å². The minimum absolute atomic E-state index is 0.00548. The Balaban J connectivity index is 1.65. The molecule has 0 spiro atoms. The number of carbonyl (C=O) groups excluding carboxylic acids is 1. The summed E-state index contributed by atoms with van der Waals surface area (Å²) >= 11 is 0. The van der Waals surface area contributed by atoms with E-state index < -0.39 is 10.0 Å². The third-order valence-electron chi connectivity index (χ3n) is 5.11. The number of hydrogen-bond acceptors (Lipinski definition) is 4. The van der Waals surface area contributed by atoms with Crippen LogP contribution in [0.1, 0.15) is 39.2 Å². The molecule has 6 nitrogen and oxygen atoms in total. The largest absolute Gasteiger partial charge is 0.368 e. The summed E-state index contributed by atoms with van der Waals surface area (Å²) < 4.78 is 32.7. The van der Waals surface area contributed by atoms with E-state index in [1.807, 2.05) is 12.1 Å². The second-order valence-electron chi connectivity index (χ2n) is 8.01. The molecule has 144 valence electrons. The van der Waals surface area contributed by atoms with Gasteiger partial charge in [-0.2, -0.15) is 4.31 Å². The molecule has 1 amide bonds. The number of amides is 1. The van der Waals surface area contributed by atoms with Crippen molar-refractivity contribution < 1.29 is 17.9 Å². The lowest BCUT2D eigenvalue weighted by atomic mass is 9.87. The van der Waals surface area contributed by atoms with Gasteiger partial charge in [-0.3, -0.25) is 4.79 Å². The predicted molar refractivity (Wildman–Crippen MR) is 99.5 cm³/mol. The van der Waals surface area contributed by atoms with Gasteiger partial charge in [0.2, 0.25) is 10.0 Å². The third kappa shape index (κ3) is 3.94. The Bertz CT molecular complexity index is 739. The number of ether oxygens (including phenoxy) is 1. The molecule has 2 aliphatic rings. The zero-order chi connectivity index (χ0) is 18.9. The molecule has 2 aliphatic heterocycles. The first-order chi connectivity index (χ1) is 12.2. The van der Waals surface area contributed by atoms with Gasteiger partial charge in [0.1, 0.15) is 6.10 Å². The van der Waals surface area contributed by atoms with Crippen molar-refractivity contribution >= 4 is 15.9 Å². The van der Waals surface area contributed by atoms with E-state index in [4.69, 9.17) is 4.74 Å². The van der Waals surface area contributed by atoms with E-state index >= 15 is 0 Å². The van der Waals surface area contributed by atoms with Crippen molar-refractivity contribution in [1.29, 1.82) is 0 Å². The van der Waals surface area contributed by atoms with Crippen molar-refractivity contribution in [2.45, 2.75) is 50.0 Å². The van der Waals surface area contributed by atoms with Gasteiger partial charge in [0.25, 0.3) is 5.91 Å². The number of sulfonamides is 1. The van der Waals surface area contributed by atoms with Crippen LogP contribution in [0, 0.1) is 0 Å². The molecule has 0 radical (unpaired) electrons. The molecule has 2 fully saturated rings. The Hall–Kier alpha value is -1.44. The molecule has 0 unspecified atom stereocenters. The Morgan fingerprint density at radius 1 is 1.08 bits per heavy atom. The minimum atomic E-state index is -3.53. The van der Waals surface area contributed by atoms with Gasteiger partial charge in [-0.05, 0) is 36.0 Å². The van der Waals surface area contributed by atoms with Gasteiger partial charge in [0.15, 0.2) is 0 Å². The van der Waals surface area contributed by atoms with Gasteiger partial charge in [-0.15, -0.1) is 0 Å². The normalized spacial score (nSPS) is 22.6. The zero-order valence-electron chi connectivity index (χ0n) is 15.8. The summed E-state index contributed by atoms with van der Waals surface area (Å²) in [5, 5.41) is 0. The maximum atomic E-state index is 12.9. The quantitative estimate of drug-likeness (QED) is 0.804. The maximum absolute atomic E-state index is 12.9. The standard InChI is InChI=1S/C19H28N2O4S/c1-19(2,3)15-6-8-16(9-7-15)26(23,24)21-12-10-20(11-13-21)18(22)17-5-4-14-25-17/h6-9,17H,4-5,10-14H2,1-3H3/t17-/m1/s1. The molecule has 0 aliphatic carbocycles. The second-order valence-corrected chi connectivity index (χ2v) is 9.94. The van der Waals surface area contributed by atoms with Crippen LogP contribution in [0.3, 0.4) is 0 Å². The van der Waals surface area contributed by atoms with Gasteiger partial charge in [-0.25, -0.2) is 8.42 Å². The smallest absolute Gasteiger partial charge is 0.251 e. The monoisotopic (exact) mass is 380 g/mol. The van der Waals surface area contributed by atoms with Crippen molar-refractivity contribution in [1.82, 2.24) is 9.21 Å². The average Bonchev–Trinajstić information content (AvgIpc) is 3.15. The molecular weight excluding hydrogens is 352 g/mol. The summed E-state index contributed by atoms with van der Waals surface area (Å²) in [6, 6.07) is 7.12. The van der Waals surface area contributed by atoms with Crippen molar-refractivity contribution in [3.05, 3.63) is 29.8 Å². The van der Waals surface area contributed by atoms with Gasteiger partial charge < -0.3 is 9.64 Å². The molecule has 3 rings (SSSR count). The van der Waals surface area contributed by atoms with Crippen molar-refractivity contribution in [3.63, 3.8) is 0 Å². The van der Waals surface area contributed by atoms with E-state index in [0.29, 0.717) is 37.7 Å². The molecule has 7 heteroatoms. The van der Waals surface area contributed by atoms with Crippen LogP contribution in [0.2, 0.25) is 0 Å². The van der Waals surface area contributed by atoms with Crippen molar-refractivity contribution in [2.75, 3.05) is 32.8 Å². The van der Waals surface area contributed by atoms with Gasteiger partial charge in [0.05, 0.1) is 4.90 Å². The third-order valence-corrected chi connectivity index (χ3v) is 7.03. The van der Waals surface area contributed by atoms with E-state index in [9.17, 15) is 13.2 Å². The first-order valence-corrected chi connectivity index (χ1v) is 10.6. The molecule has 2 saturated heterocycles. The van der Waals surface area contributed by atoms with E-state index in [-0.39, 0.29) is 17.4 Å². The van der Waals surface area contributed by atoms with E-state index in [0.717, 1.165) is 18.4 Å². The topological polar surface area (TPSA) is 66.9 Å². The molecule has 26 heavy (non-hydrogen) atoms.